The number of carboxylic acid groups (broad SMARTS) is 1. The van der Waals surface area contributed by atoms with E-state index in [0.717, 1.165) is 0 Å². The Labute approximate surface area is 105 Å². The quantitative estimate of drug-likeness (QED) is 0.830. The number of carbonyl (C=O) groups is 1. The van der Waals surface area contributed by atoms with Crippen molar-refractivity contribution in [3.05, 3.63) is 24.0 Å². The van der Waals surface area contributed by atoms with Gasteiger partial charge in [-0.2, -0.15) is 13.2 Å². The molecular weight excluding hydrogens is 265 g/mol. The number of ether oxygens (including phenoxy) is 1. The standard InChI is InChI=1S/C11H9F3N2O3/c1-19-6-2-3-7-8(4-6)16(5-9(17)18)10(15-7)11(12,13)14/h2-4H,5H2,1H3,(H,17,18)/p-1. The van der Waals surface area contributed by atoms with Gasteiger partial charge in [0.2, 0.25) is 5.82 Å². The van der Waals surface area contributed by atoms with E-state index >= 15 is 0 Å². The molecule has 102 valence electrons. The number of fused-ring (bicyclic) bond motifs is 1. The van der Waals surface area contributed by atoms with Gasteiger partial charge in [-0.15, -0.1) is 0 Å². The molecule has 0 spiro atoms. The molecule has 0 N–H and O–H groups in total. The molecule has 0 atom stereocenters. The maximum absolute atomic E-state index is 12.8. The van der Waals surface area contributed by atoms with E-state index in [4.69, 9.17) is 4.74 Å². The Morgan fingerprint density at radius 1 is 1.47 bits per heavy atom. The summed E-state index contributed by atoms with van der Waals surface area (Å²) in [6, 6.07) is 4.06. The molecule has 19 heavy (non-hydrogen) atoms. The van der Waals surface area contributed by atoms with Gasteiger partial charge in [0.15, 0.2) is 0 Å². The van der Waals surface area contributed by atoms with Crippen molar-refractivity contribution in [3.63, 3.8) is 0 Å². The van der Waals surface area contributed by atoms with Crippen LogP contribution in [0.25, 0.3) is 11.0 Å². The lowest BCUT2D eigenvalue weighted by molar-refractivity contribution is -0.306. The summed E-state index contributed by atoms with van der Waals surface area (Å²) < 4.78 is 43.8. The minimum Gasteiger partial charge on any atom is -0.548 e. The monoisotopic (exact) mass is 273 g/mol. The first-order valence-corrected chi connectivity index (χ1v) is 5.14. The maximum Gasteiger partial charge on any atom is 0.449 e. The largest absolute Gasteiger partial charge is 0.548 e. The number of hydrogen-bond donors (Lipinski definition) is 0. The average Bonchev–Trinajstić information content (AvgIpc) is 2.66. The van der Waals surface area contributed by atoms with Gasteiger partial charge in [-0.05, 0) is 12.1 Å². The highest BCUT2D eigenvalue weighted by molar-refractivity contribution is 5.79. The van der Waals surface area contributed by atoms with Gasteiger partial charge in [0.1, 0.15) is 5.75 Å². The number of methoxy groups -OCH3 is 1. The number of carboxylic acids is 1. The van der Waals surface area contributed by atoms with E-state index in [9.17, 15) is 23.1 Å². The Balaban J connectivity index is 2.71. The third kappa shape index (κ3) is 2.47. The van der Waals surface area contributed by atoms with Crippen LogP contribution in [-0.4, -0.2) is 22.6 Å². The lowest BCUT2D eigenvalue weighted by Gasteiger charge is -2.11. The van der Waals surface area contributed by atoms with Crippen LogP contribution in [0.5, 0.6) is 5.75 Å². The second kappa shape index (κ2) is 4.45. The highest BCUT2D eigenvalue weighted by Gasteiger charge is 2.37. The SMILES string of the molecule is COc1ccc2nc(C(F)(F)F)n(CC(=O)[O-])c2c1. The Morgan fingerprint density at radius 3 is 2.68 bits per heavy atom. The molecule has 0 aliphatic heterocycles. The van der Waals surface area contributed by atoms with Gasteiger partial charge in [0.05, 0.1) is 30.7 Å². The van der Waals surface area contributed by atoms with Crippen molar-refractivity contribution in [2.75, 3.05) is 7.11 Å². The first-order valence-electron chi connectivity index (χ1n) is 5.14. The average molecular weight is 273 g/mol. The maximum atomic E-state index is 12.8. The van der Waals surface area contributed by atoms with Gasteiger partial charge in [-0.1, -0.05) is 0 Å². The number of rotatable bonds is 3. The first-order chi connectivity index (χ1) is 8.82. The number of nitrogens with zero attached hydrogens (tertiary/aromatic N) is 2. The number of benzene rings is 1. The number of aromatic nitrogens is 2. The first kappa shape index (κ1) is 13.2. The van der Waals surface area contributed by atoms with E-state index in [1.165, 1.54) is 25.3 Å². The highest BCUT2D eigenvalue weighted by atomic mass is 19.4. The Morgan fingerprint density at radius 2 is 2.16 bits per heavy atom. The predicted octanol–water partition coefficient (Wildman–Crippen LogP) is 0.814. The zero-order valence-corrected chi connectivity index (χ0v) is 9.69. The van der Waals surface area contributed by atoms with Crippen LogP contribution in [0, 0.1) is 0 Å². The summed E-state index contributed by atoms with van der Waals surface area (Å²) in [6.45, 7) is -0.932. The summed E-state index contributed by atoms with van der Waals surface area (Å²) in [6.07, 6.45) is -4.75. The van der Waals surface area contributed by atoms with Crippen LogP contribution in [0.1, 0.15) is 5.82 Å². The molecule has 2 rings (SSSR count). The highest BCUT2D eigenvalue weighted by Crippen LogP contribution is 2.32. The Kier molecular flexibility index (Phi) is 3.09. The molecule has 1 aromatic heterocycles. The van der Waals surface area contributed by atoms with E-state index in [1.54, 1.807) is 0 Å². The third-order valence-electron chi connectivity index (χ3n) is 2.50. The molecule has 8 heteroatoms. The number of hydrogen-bond acceptors (Lipinski definition) is 4. The molecule has 2 aromatic rings. The normalized spacial score (nSPS) is 11.8. The zero-order chi connectivity index (χ0) is 14.2. The van der Waals surface area contributed by atoms with Crippen LogP contribution in [0.3, 0.4) is 0 Å². The van der Waals surface area contributed by atoms with E-state index in [-0.39, 0.29) is 11.0 Å². The topological polar surface area (TPSA) is 67.2 Å². The Bertz CT molecular complexity index is 634. The lowest BCUT2D eigenvalue weighted by atomic mass is 10.3. The molecule has 0 amide bonds. The number of carbonyl (C=O) groups excluding carboxylic acids is 1. The van der Waals surface area contributed by atoms with Crippen molar-refractivity contribution in [1.82, 2.24) is 9.55 Å². The summed E-state index contributed by atoms with van der Waals surface area (Å²) in [5, 5.41) is 10.6. The van der Waals surface area contributed by atoms with Crippen LogP contribution >= 0.6 is 0 Å². The van der Waals surface area contributed by atoms with Crippen LogP contribution in [0.4, 0.5) is 13.2 Å². The summed E-state index contributed by atoms with van der Waals surface area (Å²) in [4.78, 5) is 14.0. The van der Waals surface area contributed by atoms with E-state index in [0.29, 0.717) is 10.3 Å². The number of alkyl halides is 3. The van der Waals surface area contributed by atoms with Crippen molar-refractivity contribution in [1.29, 1.82) is 0 Å². The number of imidazole rings is 1. The van der Waals surface area contributed by atoms with Crippen LogP contribution in [-0.2, 0) is 17.5 Å². The van der Waals surface area contributed by atoms with Crippen LogP contribution < -0.4 is 9.84 Å². The van der Waals surface area contributed by atoms with Crippen LogP contribution in [0.2, 0.25) is 0 Å². The zero-order valence-electron chi connectivity index (χ0n) is 9.69. The number of halogens is 3. The molecule has 0 radical (unpaired) electrons. The van der Waals surface area contributed by atoms with Gasteiger partial charge in [-0.3, -0.25) is 0 Å². The fourth-order valence-electron chi connectivity index (χ4n) is 1.74. The van der Waals surface area contributed by atoms with Gasteiger partial charge in [0.25, 0.3) is 0 Å². The summed E-state index contributed by atoms with van der Waals surface area (Å²) >= 11 is 0. The van der Waals surface area contributed by atoms with Gasteiger partial charge in [-0.25, -0.2) is 4.98 Å². The molecular formula is C11H8F3N2O3-. The molecule has 0 aliphatic rings. The van der Waals surface area contributed by atoms with E-state index < -0.39 is 24.5 Å². The van der Waals surface area contributed by atoms with Crippen molar-refractivity contribution in [3.8, 4) is 5.75 Å². The second-order valence-corrected chi connectivity index (χ2v) is 3.75. The fourth-order valence-corrected chi connectivity index (χ4v) is 1.74. The molecule has 0 saturated carbocycles. The summed E-state index contributed by atoms with van der Waals surface area (Å²) in [7, 11) is 1.35. The minimum atomic E-state index is -4.75. The predicted molar refractivity (Wildman–Crippen MR) is 56.3 cm³/mol. The molecule has 1 heterocycles. The molecule has 5 nitrogen and oxygen atoms in total. The van der Waals surface area contributed by atoms with Gasteiger partial charge >= 0.3 is 6.18 Å². The smallest absolute Gasteiger partial charge is 0.449 e. The van der Waals surface area contributed by atoms with Crippen molar-refractivity contribution < 1.29 is 27.8 Å². The van der Waals surface area contributed by atoms with Gasteiger partial charge in [0, 0.05) is 6.07 Å². The van der Waals surface area contributed by atoms with Crippen molar-refractivity contribution in [2.45, 2.75) is 12.7 Å². The molecule has 0 saturated heterocycles. The molecule has 1 aromatic carbocycles. The lowest BCUT2D eigenvalue weighted by Crippen LogP contribution is -2.29. The molecule has 0 aliphatic carbocycles. The number of aliphatic carboxylic acids is 1. The van der Waals surface area contributed by atoms with E-state index in [1.807, 2.05) is 0 Å². The van der Waals surface area contributed by atoms with Crippen molar-refractivity contribution in [2.24, 2.45) is 0 Å². The second-order valence-electron chi connectivity index (χ2n) is 3.75. The molecule has 0 fully saturated rings. The van der Waals surface area contributed by atoms with Crippen molar-refractivity contribution >= 4 is 17.0 Å². The molecule has 0 unspecified atom stereocenters. The van der Waals surface area contributed by atoms with E-state index in [2.05, 4.69) is 4.98 Å². The molecule has 0 bridgehead atoms. The van der Waals surface area contributed by atoms with Crippen LogP contribution in [0.15, 0.2) is 18.2 Å². The summed E-state index contributed by atoms with van der Waals surface area (Å²) in [5.41, 5.74) is 0.0604. The van der Waals surface area contributed by atoms with Gasteiger partial charge < -0.3 is 19.2 Å². The third-order valence-corrected chi connectivity index (χ3v) is 2.50. The Hall–Kier alpha value is -2.25. The minimum absolute atomic E-state index is 0.0240. The fraction of sp³-hybridized carbons (Fsp3) is 0.273. The summed E-state index contributed by atoms with van der Waals surface area (Å²) in [5.74, 6) is -2.60.